The number of non-ortho nitro benzene ring substituents is 1. The van der Waals surface area contributed by atoms with Gasteiger partial charge in [0.25, 0.3) is 5.69 Å². The number of nitrogens with one attached hydrogen (secondary N) is 1. The summed E-state index contributed by atoms with van der Waals surface area (Å²) in [5.74, 6) is 0.197. The first-order valence-corrected chi connectivity index (χ1v) is 7.65. The topological polar surface area (TPSA) is 134 Å². The van der Waals surface area contributed by atoms with E-state index in [0.717, 1.165) is 43.9 Å². The van der Waals surface area contributed by atoms with Gasteiger partial charge in [-0.05, 0) is 31.7 Å². The maximum atomic E-state index is 11.1. The first-order valence-electron chi connectivity index (χ1n) is 7.65. The minimum atomic E-state index is -0.679. The Morgan fingerprint density at radius 3 is 2.75 bits per heavy atom. The quantitative estimate of drug-likeness (QED) is 0.622. The number of hydrogen-bond acceptors (Lipinski definition) is 7. The van der Waals surface area contributed by atoms with E-state index in [9.17, 15) is 20.2 Å². The average Bonchev–Trinajstić information content (AvgIpc) is 2.58. The summed E-state index contributed by atoms with van der Waals surface area (Å²) in [7, 11) is 0. The van der Waals surface area contributed by atoms with Gasteiger partial charge in [0, 0.05) is 24.1 Å². The van der Waals surface area contributed by atoms with Gasteiger partial charge in [-0.15, -0.1) is 0 Å². The molecule has 1 aromatic carbocycles. The third-order valence-corrected chi connectivity index (χ3v) is 4.02. The van der Waals surface area contributed by atoms with Gasteiger partial charge in [0.1, 0.15) is 5.69 Å². The number of benzene rings is 1. The summed E-state index contributed by atoms with van der Waals surface area (Å²) in [6, 6.07) is 5.52. The fourth-order valence-corrected chi connectivity index (χ4v) is 2.78. The van der Waals surface area contributed by atoms with Crippen LogP contribution in [0.4, 0.5) is 17.1 Å². The summed E-state index contributed by atoms with van der Waals surface area (Å²) in [4.78, 5) is 20.5. The van der Waals surface area contributed by atoms with Crippen LogP contribution >= 0.6 is 0 Å². The average molecular weight is 331 g/mol. The van der Waals surface area contributed by atoms with Crippen molar-refractivity contribution in [1.82, 2.24) is 0 Å². The molecule has 0 spiro atoms. The summed E-state index contributed by atoms with van der Waals surface area (Å²) in [5.41, 5.74) is 2.95. The van der Waals surface area contributed by atoms with Gasteiger partial charge < -0.3 is 0 Å². The zero-order valence-electron chi connectivity index (χ0n) is 13.0. The molecule has 0 aromatic heterocycles. The van der Waals surface area contributed by atoms with Crippen LogP contribution in [0.1, 0.15) is 38.5 Å². The number of nitro benzene ring substituents is 2. The lowest BCUT2D eigenvalue weighted by Crippen LogP contribution is -2.20. The number of nitrogens with zero attached hydrogens (tertiary/aromatic N) is 4. The first kappa shape index (κ1) is 17.3. The van der Waals surface area contributed by atoms with E-state index in [2.05, 4.69) is 16.6 Å². The Labute approximate surface area is 138 Å². The minimum Gasteiger partial charge on any atom is -0.272 e. The van der Waals surface area contributed by atoms with Crippen molar-refractivity contribution in [3.8, 4) is 6.07 Å². The van der Waals surface area contributed by atoms with Gasteiger partial charge in [-0.1, -0.05) is 6.42 Å². The normalized spacial score (nSPS) is 18.8. The molecule has 1 aliphatic rings. The van der Waals surface area contributed by atoms with E-state index >= 15 is 0 Å². The summed E-state index contributed by atoms with van der Waals surface area (Å²) < 4.78 is 0. The van der Waals surface area contributed by atoms with Crippen LogP contribution in [0.3, 0.4) is 0 Å². The predicted octanol–water partition coefficient (Wildman–Crippen LogP) is 3.76. The van der Waals surface area contributed by atoms with Crippen molar-refractivity contribution in [2.75, 3.05) is 5.43 Å². The van der Waals surface area contributed by atoms with E-state index in [1.54, 1.807) is 0 Å². The van der Waals surface area contributed by atoms with Crippen LogP contribution < -0.4 is 5.43 Å². The van der Waals surface area contributed by atoms with E-state index in [-0.39, 0.29) is 17.3 Å². The minimum absolute atomic E-state index is 0.114. The van der Waals surface area contributed by atoms with Crippen LogP contribution in [0.25, 0.3) is 0 Å². The fourth-order valence-electron chi connectivity index (χ4n) is 2.78. The maximum absolute atomic E-state index is 11.1. The van der Waals surface area contributed by atoms with Gasteiger partial charge in [0.05, 0.1) is 22.0 Å². The molecule has 9 heteroatoms. The van der Waals surface area contributed by atoms with Crippen molar-refractivity contribution in [1.29, 1.82) is 5.26 Å². The number of hydrogen-bond donors (Lipinski definition) is 1. The molecule has 1 aliphatic carbocycles. The lowest BCUT2D eigenvalue weighted by atomic mass is 9.84. The summed E-state index contributed by atoms with van der Waals surface area (Å²) >= 11 is 0. The summed E-state index contributed by atoms with van der Waals surface area (Å²) in [6.07, 6.45) is 4.97. The highest BCUT2D eigenvalue weighted by Gasteiger charge is 2.22. The number of anilines is 1. The Hall–Kier alpha value is -3.02. The maximum Gasteiger partial charge on any atom is 0.301 e. The molecule has 126 valence electrons. The van der Waals surface area contributed by atoms with Crippen LogP contribution in [0.15, 0.2) is 23.3 Å². The van der Waals surface area contributed by atoms with E-state index in [0.29, 0.717) is 6.42 Å². The lowest BCUT2D eigenvalue weighted by molar-refractivity contribution is -0.393. The van der Waals surface area contributed by atoms with Crippen molar-refractivity contribution < 1.29 is 9.85 Å². The third kappa shape index (κ3) is 4.25. The molecule has 1 fully saturated rings. The molecule has 0 heterocycles. The molecule has 1 atom stereocenters. The van der Waals surface area contributed by atoms with Crippen molar-refractivity contribution in [3.05, 3.63) is 38.4 Å². The number of nitro groups is 2. The van der Waals surface area contributed by atoms with Crippen molar-refractivity contribution in [2.45, 2.75) is 38.5 Å². The number of hydrazone groups is 1. The largest absolute Gasteiger partial charge is 0.301 e. The van der Waals surface area contributed by atoms with Gasteiger partial charge in [-0.3, -0.25) is 25.7 Å². The highest BCUT2D eigenvalue weighted by molar-refractivity contribution is 5.88. The Morgan fingerprint density at radius 2 is 2.08 bits per heavy atom. The summed E-state index contributed by atoms with van der Waals surface area (Å²) in [6.45, 7) is 0. The monoisotopic (exact) mass is 331 g/mol. The van der Waals surface area contributed by atoms with Crippen LogP contribution in [0.5, 0.6) is 0 Å². The van der Waals surface area contributed by atoms with Gasteiger partial charge in [-0.2, -0.15) is 10.4 Å². The van der Waals surface area contributed by atoms with Gasteiger partial charge in [0.15, 0.2) is 0 Å². The van der Waals surface area contributed by atoms with Gasteiger partial charge in [0.2, 0.25) is 0 Å². The second kappa shape index (κ2) is 8.01. The van der Waals surface area contributed by atoms with Crippen molar-refractivity contribution >= 4 is 22.8 Å². The van der Waals surface area contributed by atoms with Gasteiger partial charge in [-0.25, -0.2) is 0 Å². The summed E-state index contributed by atoms with van der Waals surface area (Å²) in [5, 5.41) is 34.9. The molecule has 0 aliphatic heterocycles. The second-order valence-electron chi connectivity index (χ2n) is 5.57. The van der Waals surface area contributed by atoms with E-state index in [4.69, 9.17) is 5.26 Å². The second-order valence-corrected chi connectivity index (χ2v) is 5.57. The molecule has 1 aromatic rings. The molecular formula is C15H17N5O4. The molecule has 2 rings (SSSR count). The van der Waals surface area contributed by atoms with Crippen LogP contribution in [-0.4, -0.2) is 15.6 Å². The molecule has 9 nitrogen and oxygen atoms in total. The molecule has 0 radical (unpaired) electrons. The van der Waals surface area contributed by atoms with Crippen LogP contribution in [0, 0.1) is 37.5 Å². The Balaban J connectivity index is 2.21. The lowest BCUT2D eigenvalue weighted by Gasteiger charge is -2.23. The zero-order chi connectivity index (χ0) is 17.5. The Bertz CT molecular complexity index is 710. The van der Waals surface area contributed by atoms with Crippen molar-refractivity contribution in [2.24, 2.45) is 11.0 Å². The van der Waals surface area contributed by atoms with Crippen molar-refractivity contribution in [3.63, 3.8) is 0 Å². The highest BCUT2D eigenvalue weighted by Crippen LogP contribution is 2.30. The molecule has 1 unspecified atom stereocenters. The Morgan fingerprint density at radius 1 is 1.29 bits per heavy atom. The molecule has 0 amide bonds. The number of nitriles is 1. The Kier molecular flexibility index (Phi) is 5.78. The van der Waals surface area contributed by atoms with E-state index in [1.165, 1.54) is 12.1 Å². The molecule has 1 saturated carbocycles. The molecule has 0 bridgehead atoms. The SMILES string of the molecule is N#CCCC1CCCCC1=NNc1ccc([N+](=O)[O-])cc1[N+](=O)[O-]. The van der Waals surface area contributed by atoms with E-state index < -0.39 is 15.5 Å². The molecule has 0 saturated heterocycles. The third-order valence-electron chi connectivity index (χ3n) is 4.02. The van der Waals surface area contributed by atoms with Gasteiger partial charge >= 0.3 is 5.69 Å². The number of rotatable bonds is 6. The predicted molar refractivity (Wildman–Crippen MR) is 87.6 cm³/mol. The molecule has 24 heavy (non-hydrogen) atoms. The standard InChI is InChI=1S/C15H17N5O4/c16-9-3-5-11-4-1-2-6-13(11)17-18-14-8-7-12(19(21)22)10-15(14)20(23)24/h7-8,10-11,18H,1-6H2. The van der Waals surface area contributed by atoms with Crippen LogP contribution in [0.2, 0.25) is 0 Å². The molecule has 1 N–H and O–H groups in total. The van der Waals surface area contributed by atoms with E-state index in [1.807, 2.05) is 0 Å². The highest BCUT2D eigenvalue weighted by atomic mass is 16.6. The fraction of sp³-hybridized carbons (Fsp3) is 0.467. The first-order chi connectivity index (χ1) is 11.5. The zero-order valence-corrected chi connectivity index (χ0v) is 13.0. The smallest absolute Gasteiger partial charge is 0.272 e. The molecular weight excluding hydrogens is 314 g/mol. The van der Waals surface area contributed by atoms with Crippen LogP contribution in [-0.2, 0) is 0 Å².